The molecule has 0 fully saturated rings. The molecule has 1 aromatic carbocycles. The molecule has 0 bridgehead atoms. The van der Waals surface area contributed by atoms with Gasteiger partial charge in [0.05, 0.1) is 30.2 Å². The van der Waals surface area contributed by atoms with E-state index in [4.69, 9.17) is 9.47 Å². The number of hydrogen-bond acceptors (Lipinski definition) is 6. The maximum Gasteiger partial charge on any atom is 0.264 e. The number of ether oxygens (including phenoxy) is 2. The second kappa shape index (κ2) is 8.59. The third kappa shape index (κ3) is 4.42. The zero-order valence-corrected chi connectivity index (χ0v) is 17.7. The van der Waals surface area contributed by atoms with Crippen LogP contribution in [0, 0.1) is 13.8 Å². The summed E-state index contributed by atoms with van der Waals surface area (Å²) in [6.45, 7) is 6.71. The molecule has 8 nitrogen and oxygen atoms in total. The predicted molar refractivity (Wildman–Crippen MR) is 115 cm³/mol. The average Bonchev–Trinajstić information content (AvgIpc) is 2.77. The van der Waals surface area contributed by atoms with Gasteiger partial charge in [0.25, 0.3) is 11.5 Å². The predicted octanol–water partition coefficient (Wildman–Crippen LogP) is 2.57. The van der Waals surface area contributed by atoms with Gasteiger partial charge in [-0.3, -0.25) is 19.6 Å². The van der Waals surface area contributed by atoms with Crippen molar-refractivity contribution in [3.8, 4) is 11.5 Å². The number of carbonyl (C=O) groups is 1. The highest BCUT2D eigenvalue weighted by Crippen LogP contribution is 2.32. The number of benzene rings is 1. The van der Waals surface area contributed by atoms with E-state index in [1.807, 2.05) is 32.0 Å². The van der Waals surface area contributed by atoms with Crippen molar-refractivity contribution in [2.45, 2.75) is 33.4 Å². The van der Waals surface area contributed by atoms with Crippen molar-refractivity contribution in [2.75, 3.05) is 13.2 Å². The first-order valence-corrected chi connectivity index (χ1v) is 10.1. The zero-order valence-electron chi connectivity index (χ0n) is 17.7. The van der Waals surface area contributed by atoms with Crippen LogP contribution in [0.2, 0.25) is 0 Å². The van der Waals surface area contributed by atoms with Crippen LogP contribution in [-0.4, -0.2) is 33.7 Å². The first kappa shape index (κ1) is 20.6. The van der Waals surface area contributed by atoms with Crippen LogP contribution in [0.1, 0.15) is 45.8 Å². The lowest BCUT2D eigenvalue weighted by Crippen LogP contribution is -2.35. The second-order valence-electron chi connectivity index (χ2n) is 7.55. The van der Waals surface area contributed by atoms with Crippen molar-refractivity contribution in [3.05, 3.63) is 81.3 Å². The number of carbonyl (C=O) groups excluding carboxylic acids is 1. The summed E-state index contributed by atoms with van der Waals surface area (Å²) in [4.78, 5) is 34.5. The van der Waals surface area contributed by atoms with Gasteiger partial charge in [0, 0.05) is 12.4 Å². The molecule has 3 aromatic rings. The number of fused-ring (bicyclic) bond motifs is 1. The third-order valence-corrected chi connectivity index (χ3v) is 5.18. The summed E-state index contributed by atoms with van der Waals surface area (Å²) in [5, 5.41) is 2.92. The van der Waals surface area contributed by atoms with Gasteiger partial charge < -0.3 is 19.4 Å². The Morgan fingerprint density at radius 1 is 1.13 bits per heavy atom. The van der Waals surface area contributed by atoms with Crippen LogP contribution in [0.5, 0.6) is 11.5 Å². The van der Waals surface area contributed by atoms with Crippen LogP contribution in [0.3, 0.4) is 0 Å². The Kier molecular flexibility index (Phi) is 5.70. The summed E-state index contributed by atoms with van der Waals surface area (Å²) in [6.07, 6.45) is 4.95. The highest BCUT2D eigenvalue weighted by atomic mass is 16.6. The fourth-order valence-corrected chi connectivity index (χ4v) is 3.42. The molecule has 0 radical (unpaired) electrons. The summed E-state index contributed by atoms with van der Waals surface area (Å²) < 4.78 is 12.6. The van der Waals surface area contributed by atoms with E-state index in [0.717, 1.165) is 11.3 Å². The lowest BCUT2D eigenvalue weighted by Gasteiger charge is -2.21. The number of aryl methyl sites for hydroxylation is 2. The molecule has 4 rings (SSSR count). The summed E-state index contributed by atoms with van der Waals surface area (Å²) in [5.41, 5.74) is 2.67. The Morgan fingerprint density at radius 3 is 2.65 bits per heavy atom. The number of pyridine rings is 1. The molecule has 160 valence electrons. The van der Waals surface area contributed by atoms with E-state index in [1.165, 1.54) is 4.57 Å². The van der Waals surface area contributed by atoms with E-state index in [-0.39, 0.29) is 23.7 Å². The molecule has 8 heteroatoms. The normalized spacial score (nSPS) is 13.5. The lowest BCUT2D eigenvalue weighted by molar-refractivity contribution is 0.0937. The van der Waals surface area contributed by atoms with Gasteiger partial charge in [-0.15, -0.1) is 0 Å². The summed E-state index contributed by atoms with van der Waals surface area (Å²) in [7, 11) is 0. The van der Waals surface area contributed by atoms with Crippen LogP contribution in [0.15, 0.2) is 47.7 Å². The second-order valence-corrected chi connectivity index (χ2v) is 7.55. The topological polar surface area (TPSA) is 95.3 Å². The van der Waals surface area contributed by atoms with Crippen LogP contribution in [-0.2, 0) is 6.54 Å². The Hall–Kier alpha value is -3.68. The smallest absolute Gasteiger partial charge is 0.264 e. The van der Waals surface area contributed by atoms with Crippen LogP contribution in [0.4, 0.5) is 0 Å². The van der Waals surface area contributed by atoms with Crippen molar-refractivity contribution in [1.29, 1.82) is 0 Å². The Morgan fingerprint density at radius 2 is 1.90 bits per heavy atom. The Bertz CT molecular complexity index is 1170. The molecular formula is C23H24N4O4. The van der Waals surface area contributed by atoms with Gasteiger partial charge in [-0.25, -0.2) is 0 Å². The molecule has 1 aliphatic rings. The average molecular weight is 420 g/mol. The fraction of sp³-hybridized carbons (Fsp3) is 0.304. The highest BCUT2D eigenvalue weighted by Gasteiger charge is 2.20. The molecule has 1 amide bonds. The van der Waals surface area contributed by atoms with E-state index < -0.39 is 5.91 Å². The van der Waals surface area contributed by atoms with Gasteiger partial charge in [0.15, 0.2) is 11.5 Å². The number of rotatable bonds is 5. The molecule has 0 aliphatic carbocycles. The molecule has 0 spiro atoms. The van der Waals surface area contributed by atoms with Crippen molar-refractivity contribution in [2.24, 2.45) is 0 Å². The van der Waals surface area contributed by atoms with Gasteiger partial charge >= 0.3 is 0 Å². The van der Waals surface area contributed by atoms with Gasteiger partial charge in [0.2, 0.25) is 0 Å². The number of hydrogen-bond donors (Lipinski definition) is 1. The molecule has 31 heavy (non-hydrogen) atoms. The summed E-state index contributed by atoms with van der Waals surface area (Å²) >= 11 is 0. The maximum absolute atomic E-state index is 13.0. The van der Waals surface area contributed by atoms with Crippen molar-refractivity contribution < 1.29 is 14.3 Å². The molecule has 1 atom stereocenters. The lowest BCUT2D eigenvalue weighted by atomic mass is 10.1. The molecule has 0 saturated carbocycles. The van der Waals surface area contributed by atoms with Crippen molar-refractivity contribution in [3.63, 3.8) is 0 Å². The van der Waals surface area contributed by atoms with E-state index >= 15 is 0 Å². The van der Waals surface area contributed by atoms with Gasteiger partial charge in [-0.2, -0.15) is 0 Å². The van der Waals surface area contributed by atoms with Crippen LogP contribution >= 0.6 is 0 Å². The minimum Gasteiger partial charge on any atom is -0.486 e. The van der Waals surface area contributed by atoms with Gasteiger partial charge in [-0.05, 0) is 50.1 Å². The quantitative estimate of drug-likeness (QED) is 0.682. The third-order valence-electron chi connectivity index (χ3n) is 5.18. The molecule has 1 aliphatic heterocycles. The first-order chi connectivity index (χ1) is 14.9. The van der Waals surface area contributed by atoms with Gasteiger partial charge in [0.1, 0.15) is 18.8 Å². The number of aromatic nitrogens is 3. The first-order valence-electron chi connectivity index (χ1n) is 10.1. The molecule has 1 N–H and O–H groups in total. The van der Waals surface area contributed by atoms with Gasteiger partial charge in [-0.1, -0.05) is 6.07 Å². The van der Waals surface area contributed by atoms with E-state index in [0.29, 0.717) is 36.0 Å². The molecular weight excluding hydrogens is 396 g/mol. The molecule has 1 unspecified atom stereocenters. The minimum atomic E-state index is -0.422. The highest BCUT2D eigenvalue weighted by molar-refractivity contribution is 5.95. The SMILES string of the molecule is Cc1cnc(Cn2ccc(C)c(C(=O)NC(C)c3ccc4c(c3)OCCO4)c2=O)cn1. The largest absolute Gasteiger partial charge is 0.486 e. The monoisotopic (exact) mass is 420 g/mol. The zero-order chi connectivity index (χ0) is 22.0. The summed E-state index contributed by atoms with van der Waals surface area (Å²) in [5.74, 6) is 0.922. The Labute approximate surface area is 179 Å². The van der Waals surface area contributed by atoms with Crippen molar-refractivity contribution in [1.82, 2.24) is 19.9 Å². The van der Waals surface area contributed by atoms with Crippen LogP contribution in [0.25, 0.3) is 0 Å². The molecule has 2 aromatic heterocycles. The standard InChI is InChI=1S/C23H24N4O4/c1-14-6-7-27(13-18-12-24-15(2)11-25-18)23(29)21(14)22(28)26-16(3)17-4-5-19-20(10-17)31-9-8-30-19/h4-7,10-12,16H,8-9,13H2,1-3H3,(H,26,28). The van der Waals surface area contributed by atoms with Crippen molar-refractivity contribution >= 4 is 5.91 Å². The fourth-order valence-electron chi connectivity index (χ4n) is 3.42. The number of nitrogens with zero attached hydrogens (tertiary/aromatic N) is 3. The molecule has 0 saturated heterocycles. The number of amides is 1. The maximum atomic E-state index is 13.0. The van der Waals surface area contributed by atoms with E-state index in [9.17, 15) is 9.59 Å². The number of nitrogens with one attached hydrogen (secondary N) is 1. The van der Waals surface area contributed by atoms with E-state index in [1.54, 1.807) is 31.6 Å². The minimum absolute atomic E-state index is 0.118. The Balaban J connectivity index is 1.55. The van der Waals surface area contributed by atoms with Crippen LogP contribution < -0.4 is 20.3 Å². The molecule has 3 heterocycles. The van der Waals surface area contributed by atoms with E-state index in [2.05, 4.69) is 15.3 Å². The summed E-state index contributed by atoms with van der Waals surface area (Å²) in [6, 6.07) is 7.00.